The van der Waals surface area contributed by atoms with Crippen molar-refractivity contribution in [3.8, 4) is 11.8 Å². The molecule has 2 aromatic rings. The van der Waals surface area contributed by atoms with E-state index in [9.17, 15) is 14.4 Å². The molecule has 148 valence electrons. The number of amides is 3. The molecule has 1 atom stereocenters. The summed E-state index contributed by atoms with van der Waals surface area (Å²) < 4.78 is 1.91. The first-order valence-corrected chi connectivity index (χ1v) is 9.77. The van der Waals surface area contributed by atoms with E-state index in [1.807, 2.05) is 36.1 Å². The monoisotopic (exact) mass is 390 g/mol. The van der Waals surface area contributed by atoms with E-state index in [1.54, 1.807) is 11.0 Å². The van der Waals surface area contributed by atoms with Gasteiger partial charge in [-0.25, -0.2) is 0 Å². The van der Waals surface area contributed by atoms with Crippen LogP contribution < -0.4 is 5.32 Å². The van der Waals surface area contributed by atoms with Crippen molar-refractivity contribution in [2.45, 2.75) is 51.7 Å². The number of nitrogens with one attached hydrogen (secondary N) is 1. The van der Waals surface area contributed by atoms with Gasteiger partial charge in [0.2, 0.25) is 11.8 Å². The lowest BCUT2D eigenvalue weighted by Gasteiger charge is -2.29. The Labute approximate surface area is 169 Å². The molecule has 1 saturated heterocycles. The van der Waals surface area contributed by atoms with E-state index in [0.29, 0.717) is 18.5 Å². The third-order valence-electron chi connectivity index (χ3n) is 5.26. The zero-order chi connectivity index (χ0) is 20.4. The average molecular weight is 390 g/mol. The summed E-state index contributed by atoms with van der Waals surface area (Å²) in [5.41, 5.74) is 3.41. The van der Waals surface area contributed by atoms with E-state index in [4.69, 9.17) is 0 Å². The quantitative estimate of drug-likeness (QED) is 0.490. The van der Waals surface area contributed by atoms with Gasteiger partial charge in [-0.2, -0.15) is 5.10 Å². The van der Waals surface area contributed by atoms with Gasteiger partial charge in [0, 0.05) is 43.3 Å². The molecule has 0 saturated carbocycles. The van der Waals surface area contributed by atoms with Crippen molar-refractivity contribution in [1.29, 1.82) is 0 Å². The van der Waals surface area contributed by atoms with E-state index >= 15 is 0 Å². The highest BCUT2D eigenvalue weighted by Gasteiger charge is 2.39. The van der Waals surface area contributed by atoms with Gasteiger partial charge in [-0.15, -0.1) is 0 Å². The smallest absolute Gasteiger partial charge is 0.255 e. The molecule has 2 aliphatic heterocycles. The Balaban J connectivity index is 1.43. The summed E-state index contributed by atoms with van der Waals surface area (Å²) in [6.07, 6.45) is 6.08. The predicted octanol–water partition coefficient (Wildman–Crippen LogP) is 1.78. The first-order valence-electron chi connectivity index (χ1n) is 9.77. The third-order valence-corrected chi connectivity index (χ3v) is 5.26. The van der Waals surface area contributed by atoms with Crippen LogP contribution in [0.5, 0.6) is 0 Å². The maximum atomic E-state index is 12.8. The first kappa shape index (κ1) is 18.9. The van der Waals surface area contributed by atoms with Crippen molar-refractivity contribution in [1.82, 2.24) is 20.0 Å². The van der Waals surface area contributed by atoms with Gasteiger partial charge in [0.15, 0.2) is 0 Å². The van der Waals surface area contributed by atoms with Crippen LogP contribution >= 0.6 is 0 Å². The summed E-state index contributed by atoms with van der Waals surface area (Å²) in [6, 6.07) is 4.89. The Morgan fingerprint density at radius 3 is 2.90 bits per heavy atom. The van der Waals surface area contributed by atoms with Crippen LogP contribution in [0.3, 0.4) is 0 Å². The number of aryl methyl sites for hydroxylation is 2. The maximum Gasteiger partial charge on any atom is 0.255 e. The van der Waals surface area contributed by atoms with Gasteiger partial charge in [0.05, 0.1) is 6.20 Å². The number of carbonyl (C=O) groups excluding carboxylic acids is 3. The topological polar surface area (TPSA) is 84.3 Å². The largest absolute Gasteiger partial charge is 0.322 e. The van der Waals surface area contributed by atoms with E-state index < -0.39 is 11.9 Å². The summed E-state index contributed by atoms with van der Waals surface area (Å²) >= 11 is 0. The van der Waals surface area contributed by atoms with E-state index in [1.165, 1.54) is 0 Å². The standard InChI is InChI=1S/C22H22N4O3/c1-15-12-23-25(13-15)11-4-2-3-6-16-7-5-8-17-18(16)14-26(22(17)29)19-9-10-20(27)24-21(19)28/h5,7-8,12-13,19H,2,4,9-11,14H2,1H3,(H,24,27,28). The minimum absolute atomic E-state index is 0.174. The highest BCUT2D eigenvalue weighted by atomic mass is 16.2. The third kappa shape index (κ3) is 3.92. The van der Waals surface area contributed by atoms with Crippen molar-refractivity contribution < 1.29 is 14.4 Å². The molecule has 0 radical (unpaired) electrons. The van der Waals surface area contributed by atoms with Gasteiger partial charge in [-0.3, -0.25) is 24.4 Å². The molecular weight excluding hydrogens is 368 g/mol. The van der Waals surface area contributed by atoms with Gasteiger partial charge in [0.25, 0.3) is 5.91 Å². The van der Waals surface area contributed by atoms with Crippen molar-refractivity contribution in [2.75, 3.05) is 0 Å². The number of unbranched alkanes of at least 4 members (excludes halogenated alkanes) is 1. The van der Waals surface area contributed by atoms with Crippen LogP contribution in [-0.4, -0.2) is 38.4 Å². The lowest BCUT2D eigenvalue weighted by Crippen LogP contribution is -2.52. The first-order chi connectivity index (χ1) is 14.0. The fourth-order valence-electron chi connectivity index (χ4n) is 3.78. The maximum absolute atomic E-state index is 12.8. The Morgan fingerprint density at radius 2 is 2.14 bits per heavy atom. The highest BCUT2D eigenvalue weighted by Crippen LogP contribution is 2.29. The van der Waals surface area contributed by atoms with E-state index in [0.717, 1.165) is 36.1 Å². The predicted molar refractivity (Wildman–Crippen MR) is 106 cm³/mol. The molecule has 29 heavy (non-hydrogen) atoms. The molecule has 2 aliphatic rings. The number of rotatable bonds is 4. The summed E-state index contributed by atoms with van der Waals surface area (Å²) in [5, 5.41) is 6.59. The minimum Gasteiger partial charge on any atom is -0.322 e. The van der Waals surface area contributed by atoms with Crippen molar-refractivity contribution >= 4 is 17.7 Å². The number of nitrogens with zero attached hydrogens (tertiary/aromatic N) is 3. The molecule has 0 aliphatic carbocycles. The summed E-state index contributed by atoms with van der Waals surface area (Å²) in [4.78, 5) is 37.9. The minimum atomic E-state index is -0.606. The van der Waals surface area contributed by atoms with Crippen LogP contribution in [0.4, 0.5) is 0 Å². The van der Waals surface area contributed by atoms with Crippen molar-refractivity contribution in [3.05, 3.63) is 52.8 Å². The molecule has 3 heterocycles. The van der Waals surface area contributed by atoms with Gasteiger partial charge < -0.3 is 4.90 Å². The summed E-state index contributed by atoms with van der Waals surface area (Å²) in [5.74, 6) is 5.51. The molecule has 7 heteroatoms. The Kier molecular flexibility index (Phi) is 5.17. The van der Waals surface area contributed by atoms with Gasteiger partial charge >= 0.3 is 0 Å². The number of benzene rings is 1. The molecule has 1 unspecified atom stereocenters. The molecule has 1 fully saturated rings. The molecule has 1 aromatic heterocycles. The van der Waals surface area contributed by atoms with Crippen LogP contribution in [0, 0.1) is 18.8 Å². The van der Waals surface area contributed by atoms with E-state index in [-0.39, 0.29) is 18.2 Å². The lowest BCUT2D eigenvalue weighted by atomic mass is 10.0. The lowest BCUT2D eigenvalue weighted by molar-refractivity contribution is -0.136. The summed E-state index contributed by atoms with van der Waals surface area (Å²) in [6.45, 7) is 3.17. The summed E-state index contributed by atoms with van der Waals surface area (Å²) in [7, 11) is 0. The van der Waals surface area contributed by atoms with Crippen LogP contribution in [-0.2, 0) is 22.7 Å². The number of hydrogen-bond acceptors (Lipinski definition) is 4. The van der Waals surface area contributed by atoms with Gasteiger partial charge in [0.1, 0.15) is 6.04 Å². The second-order valence-electron chi connectivity index (χ2n) is 7.42. The van der Waals surface area contributed by atoms with Crippen molar-refractivity contribution in [3.63, 3.8) is 0 Å². The normalized spacial score (nSPS) is 18.3. The molecule has 0 spiro atoms. The van der Waals surface area contributed by atoms with Crippen molar-refractivity contribution in [2.24, 2.45) is 0 Å². The zero-order valence-corrected chi connectivity index (χ0v) is 16.3. The van der Waals surface area contributed by atoms with Crippen LogP contribution in [0.25, 0.3) is 0 Å². The molecule has 4 rings (SSSR count). The Hall–Kier alpha value is -3.40. The highest BCUT2D eigenvalue weighted by molar-refractivity contribution is 6.05. The van der Waals surface area contributed by atoms with Crippen LogP contribution in [0.15, 0.2) is 30.6 Å². The molecule has 1 aromatic carbocycles. The second kappa shape index (κ2) is 7.92. The SMILES string of the molecule is Cc1cnn(CCCC#Cc2cccc3c2CN(C2CCC(=O)NC2=O)C3=O)c1. The number of piperidine rings is 1. The molecular formula is C22H22N4O3. The Morgan fingerprint density at radius 1 is 1.28 bits per heavy atom. The molecule has 1 N–H and O–H groups in total. The number of carbonyl (C=O) groups is 3. The van der Waals surface area contributed by atoms with Crippen LogP contribution in [0.2, 0.25) is 0 Å². The van der Waals surface area contributed by atoms with Crippen LogP contribution in [0.1, 0.15) is 52.7 Å². The van der Waals surface area contributed by atoms with E-state index in [2.05, 4.69) is 22.3 Å². The molecule has 7 nitrogen and oxygen atoms in total. The number of imide groups is 1. The number of fused-ring (bicyclic) bond motifs is 1. The van der Waals surface area contributed by atoms with Gasteiger partial charge in [-0.1, -0.05) is 17.9 Å². The Bertz CT molecular complexity index is 1040. The molecule has 0 bridgehead atoms. The molecule has 3 amide bonds. The number of aromatic nitrogens is 2. The number of hydrogen-bond donors (Lipinski definition) is 1. The fraction of sp³-hybridized carbons (Fsp3) is 0.364. The average Bonchev–Trinajstić information content (AvgIpc) is 3.25. The second-order valence-corrected chi connectivity index (χ2v) is 7.42. The zero-order valence-electron chi connectivity index (χ0n) is 16.3. The fourth-order valence-corrected chi connectivity index (χ4v) is 3.78. The van der Waals surface area contributed by atoms with Gasteiger partial charge in [-0.05, 0) is 43.0 Å².